The van der Waals surface area contributed by atoms with Crippen molar-refractivity contribution in [2.75, 3.05) is 0 Å². The summed E-state index contributed by atoms with van der Waals surface area (Å²) in [6.07, 6.45) is -34.1. The van der Waals surface area contributed by atoms with Crippen LogP contribution in [0.2, 0.25) is 0 Å². The molecule has 8 aromatic rings. The van der Waals surface area contributed by atoms with Crippen molar-refractivity contribution in [2.24, 2.45) is 5.73 Å². The first kappa shape index (κ1) is 70.5. The molecule has 0 fully saturated rings. The normalized spacial score (nSPS) is 13.0. The van der Waals surface area contributed by atoms with E-state index in [0.29, 0.717) is 23.8 Å². The van der Waals surface area contributed by atoms with Gasteiger partial charge in [-0.1, -0.05) is 109 Å². The first-order valence-corrected chi connectivity index (χ1v) is 25.1. The molecule has 11 nitrogen and oxygen atoms in total. The van der Waals surface area contributed by atoms with Crippen LogP contribution in [0.5, 0.6) is 23.0 Å². The first-order chi connectivity index (χ1) is 42.1. The number of carbonyl (C=O) groups excluding carboxylic acids is 1. The molecular weight excluding hydrogens is 1270 g/mol. The van der Waals surface area contributed by atoms with E-state index < -0.39 is 141 Å². The molecule has 2 atom stereocenters. The lowest BCUT2D eigenvalue weighted by atomic mass is 9.75. The SMILES string of the molecule is NC(c1cccc(OC(F)(F)F)c1)(c1cccc(OC(F)(F)F)c1)[C@@H](O)c1ccccc1.O=C(NC(c1cccc(OC(F)(F)F)c1)(c1cccc(OC(F)(F)F)c1)[C@@H](O)c1ccccc1)c1ccc(F)c(C(F)(F)F)c1.O=C(O)c1ccc(F)c(C(F)(F)F)c1. The van der Waals surface area contributed by atoms with Gasteiger partial charge in [0.2, 0.25) is 0 Å². The third-order valence-corrected chi connectivity index (χ3v) is 12.6. The predicted octanol–water partition coefficient (Wildman–Crippen LogP) is 16.0. The zero-order valence-electron chi connectivity index (χ0n) is 45.1. The second-order valence-corrected chi connectivity index (χ2v) is 18.8. The molecule has 0 bridgehead atoms. The largest absolute Gasteiger partial charge is 0.573 e. The molecule has 91 heavy (non-hydrogen) atoms. The number of ether oxygens (including phenoxy) is 4. The van der Waals surface area contributed by atoms with Gasteiger partial charge in [0, 0.05) is 5.56 Å². The number of carbonyl (C=O) groups is 2. The van der Waals surface area contributed by atoms with Gasteiger partial charge in [0.15, 0.2) is 0 Å². The van der Waals surface area contributed by atoms with Crippen molar-refractivity contribution < 1.29 is 132 Å². The Morgan fingerprint density at radius 3 is 1.02 bits per heavy atom. The molecule has 6 N–H and O–H groups in total. The Kier molecular flexibility index (Phi) is 21.4. The van der Waals surface area contributed by atoms with Crippen LogP contribution >= 0.6 is 0 Å². The fourth-order valence-corrected chi connectivity index (χ4v) is 8.75. The van der Waals surface area contributed by atoms with E-state index >= 15 is 0 Å². The third kappa shape index (κ3) is 19.0. The van der Waals surface area contributed by atoms with Gasteiger partial charge < -0.3 is 45.3 Å². The van der Waals surface area contributed by atoms with Gasteiger partial charge in [0.25, 0.3) is 5.91 Å². The number of halogens is 20. The van der Waals surface area contributed by atoms with E-state index in [1.807, 2.05) is 0 Å². The van der Waals surface area contributed by atoms with Gasteiger partial charge in [-0.2, -0.15) is 26.3 Å². The Balaban J connectivity index is 0.000000247. The maximum absolute atomic E-state index is 14.0. The average Bonchev–Trinajstić information content (AvgIpc) is 0.762. The zero-order chi connectivity index (χ0) is 67.7. The highest BCUT2D eigenvalue weighted by molar-refractivity contribution is 5.95. The molecular formula is C60H40F20N2O9. The highest BCUT2D eigenvalue weighted by atomic mass is 19.4. The number of carboxylic acid groups (broad SMARTS) is 1. The van der Waals surface area contributed by atoms with Crippen LogP contribution in [0.1, 0.15) is 77.4 Å². The lowest BCUT2D eigenvalue weighted by molar-refractivity contribution is -0.275. The molecule has 0 aromatic heterocycles. The predicted molar refractivity (Wildman–Crippen MR) is 278 cm³/mol. The van der Waals surface area contributed by atoms with Gasteiger partial charge in [-0.15, -0.1) is 52.7 Å². The standard InChI is InChI=1S/C30H19F10NO4.C22H17F6NO3.C8H4F4O2/c31-24-13-12-18(14-23(24)28(32,33)34)26(43)41-27(25(42)17-6-2-1-3-7-17,19-8-4-10-21(15-19)44-29(35,36)37)20-9-5-11-22(16-20)45-30(38,39)40;23-21(24,25)31-17-10-4-8-15(12-17)20(29,19(30)14-6-2-1-3-7-14)16-9-5-11-18(13-16)32-22(26,27)28;9-6-2-1-4(7(13)14)3-5(6)8(10,11)12/h1-16,25,42H,(H,41,43);1-13,19,30H,29H2;1-3H,(H,13,14)/t25-;19-;/m00./s1. The van der Waals surface area contributed by atoms with E-state index in [4.69, 9.17) is 10.8 Å². The number of nitrogens with one attached hydrogen (secondary N) is 1. The smallest absolute Gasteiger partial charge is 0.478 e. The summed E-state index contributed by atoms with van der Waals surface area (Å²) in [5, 5.41) is 33.6. The number of hydrogen-bond acceptors (Lipinski definition) is 9. The van der Waals surface area contributed by atoms with E-state index in [2.05, 4.69) is 24.3 Å². The summed E-state index contributed by atoms with van der Waals surface area (Å²) in [6.45, 7) is 0. The first-order valence-electron chi connectivity index (χ1n) is 25.1. The van der Waals surface area contributed by atoms with Crippen LogP contribution in [0.4, 0.5) is 87.8 Å². The summed E-state index contributed by atoms with van der Waals surface area (Å²) in [6, 6.07) is 34.2. The van der Waals surface area contributed by atoms with E-state index in [0.717, 1.165) is 78.9 Å². The lowest BCUT2D eigenvalue weighted by Gasteiger charge is -2.40. The highest BCUT2D eigenvalue weighted by Crippen LogP contribution is 2.46. The number of carboxylic acids is 1. The summed E-state index contributed by atoms with van der Waals surface area (Å²) >= 11 is 0. The van der Waals surface area contributed by atoms with E-state index in [-0.39, 0.29) is 28.8 Å². The van der Waals surface area contributed by atoms with Crippen molar-refractivity contribution in [1.29, 1.82) is 0 Å². The molecule has 0 heterocycles. The van der Waals surface area contributed by atoms with Gasteiger partial charge in [-0.05, 0) is 118 Å². The van der Waals surface area contributed by atoms with Crippen molar-refractivity contribution in [3.05, 3.63) is 261 Å². The summed E-state index contributed by atoms with van der Waals surface area (Å²) in [7, 11) is 0. The highest BCUT2D eigenvalue weighted by Gasteiger charge is 2.47. The van der Waals surface area contributed by atoms with Gasteiger partial charge in [0.1, 0.15) is 52.4 Å². The summed E-state index contributed by atoms with van der Waals surface area (Å²) in [4.78, 5) is 23.9. The fraction of sp³-hybridized carbons (Fsp3) is 0.167. The van der Waals surface area contributed by atoms with Crippen molar-refractivity contribution >= 4 is 11.9 Å². The van der Waals surface area contributed by atoms with E-state index in [1.54, 1.807) is 18.2 Å². The van der Waals surface area contributed by atoms with Crippen LogP contribution in [0.25, 0.3) is 0 Å². The molecule has 31 heteroatoms. The van der Waals surface area contributed by atoms with Gasteiger partial charge in [0.05, 0.1) is 22.2 Å². The number of aliphatic hydroxyl groups is 2. The summed E-state index contributed by atoms with van der Waals surface area (Å²) in [5.41, 5.74) is -3.36. The van der Waals surface area contributed by atoms with E-state index in [1.165, 1.54) is 66.7 Å². The maximum atomic E-state index is 14.0. The van der Waals surface area contributed by atoms with Crippen LogP contribution in [0.15, 0.2) is 194 Å². The topological polar surface area (TPSA) is 170 Å². The molecule has 0 radical (unpaired) electrons. The Morgan fingerprint density at radius 2 is 0.692 bits per heavy atom. The number of rotatable bonds is 15. The maximum Gasteiger partial charge on any atom is 0.573 e. The van der Waals surface area contributed by atoms with Crippen LogP contribution in [-0.2, 0) is 23.4 Å². The minimum Gasteiger partial charge on any atom is -0.478 e. The monoisotopic (exact) mass is 1310 g/mol. The fourth-order valence-electron chi connectivity index (χ4n) is 8.75. The molecule has 0 saturated heterocycles. The molecule has 1 amide bonds. The van der Waals surface area contributed by atoms with Crippen molar-refractivity contribution in [3.63, 3.8) is 0 Å². The zero-order valence-corrected chi connectivity index (χ0v) is 45.1. The molecule has 0 saturated carbocycles. The van der Waals surface area contributed by atoms with Crippen LogP contribution < -0.4 is 30.0 Å². The number of alkyl halides is 18. The number of benzene rings is 8. The minimum atomic E-state index is -5.24. The van der Waals surface area contributed by atoms with Crippen molar-refractivity contribution in [2.45, 2.75) is 61.1 Å². The minimum absolute atomic E-state index is 0.0280. The Bertz CT molecular complexity index is 3660. The molecule has 484 valence electrons. The Hall–Kier alpha value is -9.62. The van der Waals surface area contributed by atoms with Crippen molar-refractivity contribution in [1.82, 2.24) is 5.32 Å². The molecule has 0 unspecified atom stereocenters. The summed E-state index contributed by atoms with van der Waals surface area (Å²) in [5.74, 6) is -9.10. The number of aliphatic hydroxyl groups excluding tert-OH is 2. The number of hydrogen-bond donors (Lipinski definition) is 5. The molecule has 0 spiro atoms. The molecule has 8 aromatic carbocycles. The Labute approximate surface area is 499 Å². The van der Waals surface area contributed by atoms with Gasteiger partial charge in [-0.25, -0.2) is 13.6 Å². The molecule has 0 aliphatic heterocycles. The average molecular weight is 1310 g/mol. The van der Waals surface area contributed by atoms with Crippen LogP contribution in [-0.4, -0.2) is 52.6 Å². The number of aromatic carboxylic acids is 1. The second-order valence-electron chi connectivity index (χ2n) is 18.8. The molecule has 0 aliphatic carbocycles. The number of nitrogens with two attached hydrogens (primary N) is 1. The van der Waals surface area contributed by atoms with E-state index in [9.17, 15) is 108 Å². The van der Waals surface area contributed by atoms with Crippen LogP contribution in [0.3, 0.4) is 0 Å². The lowest BCUT2D eigenvalue weighted by Crippen LogP contribution is -2.51. The Morgan fingerprint density at radius 1 is 0.385 bits per heavy atom. The van der Waals surface area contributed by atoms with Crippen LogP contribution in [0, 0.1) is 11.6 Å². The third-order valence-electron chi connectivity index (χ3n) is 12.6. The number of amides is 1. The quantitative estimate of drug-likeness (QED) is 0.0623. The molecule has 8 rings (SSSR count). The summed E-state index contributed by atoms with van der Waals surface area (Å²) < 4.78 is 274. The van der Waals surface area contributed by atoms with Gasteiger partial charge >= 0.3 is 43.8 Å². The second kappa shape index (κ2) is 27.6. The molecule has 0 aliphatic rings. The van der Waals surface area contributed by atoms with Gasteiger partial charge in [-0.3, -0.25) is 4.79 Å². The van der Waals surface area contributed by atoms with Crippen molar-refractivity contribution in [3.8, 4) is 23.0 Å².